The average Bonchev–Trinajstić information content (AvgIpc) is 2.24. The molecule has 0 aliphatic heterocycles. The van der Waals surface area contributed by atoms with Gasteiger partial charge in [0.2, 0.25) is 0 Å². The van der Waals surface area contributed by atoms with Gasteiger partial charge >= 0.3 is 5.97 Å². The first-order valence-electron chi connectivity index (χ1n) is 5.90. The molecule has 1 unspecified atom stereocenters. The largest absolute Gasteiger partial charge is 0.465 e. The van der Waals surface area contributed by atoms with Crippen LogP contribution in [0.5, 0.6) is 0 Å². The van der Waals surface area contributed by atoms with Crippen LogP contribution in [-0.4, -0.2) is 24.9 Å². The Morgan fingerprint density at radius 2 is 1.81 bits per heavy atom. The molecule has 0 aliphatic rings. The maximum absolute atomic E-state index is 11.4. The molecule has 0 radical (unpaired) electrons. The molecule has 0 aromatic rings. The topological polar surface area (TPSA) is 71.0 Å². The van der Waals surface area contributed by atoms with Crippen LogP contribution in [0, 0.1) is 5.92 Å². The van der Waals surface area contributed by atoms with E-state index in [0.717, 1.165) is 12.8 Å². The van der Waals surface area contributed by atoms with E-state index in [4.69, 9.17) is 0 Å². The number of Topliss-reactive ketones (excluding diaryl/α,β-unsaturated/α-hetero) is 1. The summed E-state index contributed by atoms with van der Waals surface area (Å²) in [5.74, 6) is 0.556. The second-order valence-corrected chi connectivity index (χ2v) is 4.58. The van der Waals surface area contributed by atoms with Crippen LogP contribution in [0.3, 0.4) is 0 Å². The summed E-state index contributed by atoms with van der Waals surface area (Å²) in [6, 6.07) is -0.345. The molecule has 0 fully saturated rings. The fraction of sp³-hybridized carbons (Fsp3) is 0.833. The minimum Gasteiger partial charge on any atom is -0.465 e. The summed E-state index contributed by atoms with van der Waals surface area (Å²) in [5, 5.41) is 0. The number of hydrogen-bond donors (Lipinski definition) is 1. The summed E-state index contributed by atoms with van der Waals surface area (Å²) >= 11 is 0. The number of rotatable bonds is 8. The van der Waals surface area contributed by atoms with Crippen molar-refractivity contribution < 1.29 is 20.1 Å². The first kappa shape index (κ1) is 15.1. The molecule has 0 amide bonds. The monoisotopic (exact) mass is 230 g/mol. The van der Waals surface area contributed by atoms with Gasteiger partial charge in [-0.3, -0.25) is 4.79 Å². The molecule has 0 aliphatic carbocycles. The zero-order chi connectivity index (χ0) is 12.6. The zero-order valence-corrected chi connectivity index (χ0v) is 10.6. The van der Waals surface area contributed by atoms with E-state index in [1.165, 1.54) is 7.11 Å². The lowest BCUT2D eigenvalue weighted by Crippen LogP contribution is -2.65. The van der Waals surface area contributed by atoms with Gasteiger partial charge in [0.1, 0.15) is 5.78 Å². The summed E-state index contributed by atoms with van der Waals surface area (Å²) in [4.78, 5) is 22.5. The van der Waals surface area contributed by atoms with Crippen LogP contribution in [0.4, 0.5) is 0 Å². The molecule has 16 heavy (non-hydrogen) atoms. The van der Waals surface area contributed by atoms with Gasteiger partial charge in [-0.25, -0.2) is 4.79 Å². The van der Waals surface area contributed by atoms with Crippen LogP contribution >= 0.6 is 0 Å². The van der Waals surface area contributed by atoms with E-state index in [1.807, 2.05) is 0 Å². The van der Waals surface area contributed by atoms with Crippen LogP contribution in [0.25, 0.3) is 0 Å². The molecule has 0 bridgehead atoms. The van der Waals surface area contributed by atoms with Crippen molar-refractivity contribution in [2.75, 3.05) is 7.11 Å². The Morgan fingerprint density at radius 1 is 1.19 bits per heavy atom. The number of ketones is 1. The number of methoxy groups -OCH3 is 1. The van der Waals surface area contributed by atoms with Gasteiger partial charge < -0.3 is 10.5 Å². The summed E-state index contributed by atoms with van der Waals surface area (Å²) in [7, 11) is 1.36. The molecule has 1 atom stereocenters. The third-order valence-electron chi connectivity index (χ3n) is 2.54. The Bertz CT molecular complexity index is 226. The molecule has 4 nitrogen and oxygen atoms in total. The highest BCUT2D eigenvalue weighted by atomic mass is 16.5. The Labute approximate surface area is 97.5 Å². The quantitative estimate of drug-likeness (QED) is 0.631. The normalized spacial score (nSPS) is 12.6. The Morgan fingerprint density at radius 3 is 2.31 bits per heavy atom. The van der Waals surface area contributed by atoms with Crippen LogP contribution in [0.1, 0.15) is 46.0 Å². The summed E-state index contributed by atoms with van der Waals surface area (Å²) < 4.78 is 4.56. The van der Waals surface area contributed by atoms with Crippen molar-refractivity contribution in [1.29, 1.82) is 0 Å². The van der Waals surface area contributed by atoms with Gasteiger partial charge in [-0.05, 0) is 18.8 Å². The summed E-state index contributed by atoms with van der Waals surface area (Å²) in [6.45, 7) is 4.22. The van der Waals surface area contributed by atoms with E-state index in [1.54, 1.807) is 0 Å². The fourth-order valence-corrected chi connectivity index (χ4v) is 1.40. The van der Waals surface area contributed by atoms with Gasteiger partial charge in [0.05, 0.1) is 7.11 Å². The van der Waals surface area contributed by atoms with E-state index in [9.17, 15) is 9.59 Å². The lowest BCUT2D eigenvalue weighted by molar-refractivity contribution is -0.409. The maximum Gasteiger partial charge on any atom is 0.364 e. The number of carbonyl (C=O) groups excluding carboxylic acids is 2. The summed E-state index contributed by atoms with van der Waals surface area (Å²) in [5.41, 5.74) is 3.69. The third kappa shape index (κ3) is 7.40. The molecule has 0 aromatic heterocycles. The van der Waals surface area contributed by atoms with E-state index < -0.39 is 0 Å². The van der Waals surface area contributed by atoms with E-state index in [0.29, 0.717) is 25.2 Å². The highest BCUT2D eigenvalue weighted by Crippen LogP contribution is 2.08. The highest BCUT2D eigenvalue weighted by molar-refractivity contribution is 5.78. The van der Waals surface area contributed by atoms with Crippen molar-refractivity contribution in [3.8, 4) is 0 Å². The minimum atomic E-state index is -0.345. The van der Waals surface area contributed by atoms with E-state index in [-0.39, 0.29) is 17.8 Å². The maximum atomic E-state index is 11.4. The molecule has 0 saturated heterocycles. The molecule has 3 N–H and O–H groups in total. The number of esters is 1. The number of carbonyl (C=O) groups is 2. The fourth-order valence-electron chi connectivity index (χ4n) is 1.40. The Kier molecular flexibility index (Phi) is 7.81. The first-order chi connectivity index (χ1) is 7.47. The average molecular weight is 230 g/mol. The van der Waals surface area contributed by atoms with E-state index in [2.05, 4.69) is 24.3 Å². The van der Waals surface area contributed by atoms with Crippen molar-refractivity contribution in [3.63, 3.8) is 0 Å². The number of ether oxygens (including phenoxy) is 1. The van der Waals surface area contributed by atoms with Crippen molar-refractivity contribution in [1.82, 2.24) is 0 Å². The molecule has 0 rings (SSSR count). The van der Waals surface area contributed by atoms with Crippen LogP contribution in [0.2, 0.25) is 0 Å². The zero-order valence-electron chi connectivity index (χ0n) is 10.6. The molecule has 94 valence electrons. The summed E-state index contributed by atoms with van der Waals surface area (Å²) in [6.07, 6.45) is 3.50. The van der Waals surface area contributed by atoms with Crippen LogP contribution < -0.4 is 5.73 Å². The molecule has 0 saturated carbocycles. The third-order valence-corrected chi connectivity index (χ3v) is 2.54. The van der Waals surface area contributed by atoms with Gasteiger partial charge in [0, 0.05) is 19.3 Å². The standard InChI is InChI=1S/C12H23NO3/c1-9(2)7-8-10(14)5-4-6-11(13)12(15)16-3/h9,11H,4-8,13H2,1-3H3/p+1. The SMILES string of the molecule is COC(=O)C([NH3+])CCCC(=O)CCC(C)C. The predicted octanol–water partition coefficient (Wildman–Crippen LogP) is 0.945. The Hall–Kier alpha value is -0.900. The molecular weight excluding hydrogens is 206 g/mol. The number of quaternary nitrogens is 1. The molecule has 0 aromatic carbocycles. The van der Waals surface area contributed by atoms with Crippen molar-refractivity contribution in [3.05, 3.63) is 0 Å². The predicted molar refractivity (Wildman–Crippen MR) is 61.6 cm³/mol. The molecule has 0 heterocycles. The van der Waals surface area contributed by atoms with Gasteiger partial charge in [0.15, 0.2) is 6.04 Å². The van der Waals surface area contributed by atoms with Crippen molar-refractivity contribution in [2.45, 2.75) is 52.0 Å². The van der Waals surface area contributed by atoms with E-state index >= 15 is 0 Å². The number of hydrogen-bond acceptors (Lipinski definition) is 3. The van der Waals surface area contributed by atoms with Gasteiger partial charge in [0.25, 0.3) is 0 Å². The molecule has 0 spiro atoms. The Balaban J connectivity index is 3.58. The van der Waals surface area contributed by atoms with Gasteiger partial charge in [-0.1, -0.05) is 13.8 Å². The first-order valence-corrected chi connectivity index (χ1v) is 5.90. The minimum absolute atomic E-state index is 0.283. The van der Waals surface area contributed by atoms with Crippen LogP contribution in [0.15, 0.2) is 0 Å². The lowest BCUT2D eigenvalue weighted by atomic mass is 10.0. The van der Waals surface area contributed by atoms with Crippen molar-refractivity contribution in [2.24, 2.45) is 5.92 Å². The smallest absolute Gasteiger partial charge is 0.364 e. The van der Waals surface area contributed by atoms with Gasteiger partial charge in [-0.15, -0.1) is 0 Å². The lowest BCUT2D eigenvalue weighted by Gasteiger charge is -2.06. The van der Waals surface area contributed by atoms with Crippen molar-refractivity contribution >= 4 is 11.8 Å². The van der Waals surface area contributed by atoms with Crippen LogP contribution in [-0.2, 0) is 14.3 Å². The van der Waals surface area contributed by atoms with Gasteiger partial charge in [-0.2, -0.15) is 0 Å². The second-order valence-electron chi connectivity index (χ2n) is 4.58. The second kappa shape index (κ2) is 8.28. The molecule has 4 heteroatoms. The molecular formula is C12H24NO3+. The highest BCUT2D eigenvalue weighted by Gasteiger charge is 2.17.